The number of nitrogens with one attached hydrogen (secondary N) is 1. The summed E-state index contributed by atoms with van der Waals surface area (Å²) in [4.78, 5) is 25.1. The molecule has 0 radical (unpaired) electrons. The van der Waals surface area contributed by atoms with Crippen molar-refractivity contribution in [2.45, 2.75) is 20.8 Å². The minimum absolute atomic E-state index is 0.303. The molecular formula is C9H14N2O3. The molecule has 1 N–H and O–H groups in total. The number of aliphatic imine (C=N–C) groups is 1. The van der Waals surface area contributed by atoms with Crippen molar-refractivity contribution in [3.05, 3.63) is 11.3 Å². The van der Waals surface area contributed by atoms with Crippen molar-refractivity contribution in [1.29, 1.82) is 0 Å². The van der Waals surface area contributed by atoms with Gasteiger partial charge in [0.1, 0.15) is 0 Å². The van der Waals surface area contributed by atoms with Gasteiger partial charge in [0.25, 0.3) is 0 Å². The van der Waals surface area contributed by atoms with Crippen LogP contribution < -0.4 is 5.32 Å². The highest BCUT2D eigenvalue weighted by molar-refractivity contribution is 5.90. The number of hydrogen-bond donors (Lipinski definition) is 1. The summed E-state index contributed by atoms with van der Waals surface area (Å²) >= 11 is 0. The van der Waals surface area contributed by atoms with Gasteiger partial charge in [-0.1, -0.05) is 0 Å². The maximum Gasteiger partial charge on any atom is 0.344 e. The van der Waals surface area contributed by atoms with Gasteiger partial charge in [0.05, 0.1) is 12.2 Å². The number of nitrogens with zero attached hydrogens (tertiary/aromatic N) is 1. The van der Waals surface area contributed by atoms with E-state index in [1.165, 1.54) is 0 Å². The van der Waals surface area contributed by atoms with E-state index in [1.54, 1.807) is 20.8 Å². The minimum Gasteiger partial charge on any atom is -0.463 e. The van der Waals surface area contributed by atoms with Crippen LogP contribution in [0.2, 0.25) is 0 Å². The highest BCUT2D eigenvalue weighted by Crippen LogP contribution is 2.02. The molecule has 0 rings (SSSR count). The number of carbonyl (C=O) groups is 2. The Bertz CT molecular complexity index is 282. The topological polar surface area (TPSA) is 67.8 Å². The highest BCUT2D eigenvalue weighted by Gasteiger charge is 2.09. The summed E-state index contributed by atoms with van der Waals surface area (Å²) in [5.41, 5.74) is 0.768. The molecule has 0 saturated heterocycles. The van der Waals surface area contributed by atoms with E-state index >= 15 is 0 Å². The van der Waals surface area contributed by atoms with Crippen LogP contribution in [0.15, 0.2) is 16.3 Å². The third-order valence-electron chi connectivity index (χ3n) is 1.58. The van der Waals surface area contributed by atoms with Gasteiger partial charge in [0.2, 0.25) is 0 Å². The first-order chi connectivity index (χ1) is 6.52. The van der Waals surface area contributed by atoms with Crippen LogP contribution in [0.3, 0.4) is 0 Å². The molecule has 0 atom stereocenters. The van der Waals surface area contributed by atoms with Crippen molar-refractivity contribution in [3.8, 4) is 0 Å². The van der Waals surface area contributed by atoms with Crippen LogP contribution in [-0.4, -0.2) is 25.3 Å². The van der Waals surface area contributed by atoms with Gasteiger partial charge in [-0.05, 0) is 27.5 Å². The van der Waals surface area contributed by atoms with Gasteiger partial charge in [-0.3, -0.25) is 0 Å². The number of ether oxygens (including phenoxy) is 1. The van der Waals surface area contributed by atoms with Gasteiger partial charge in [0, 0.05) is 5.70 Å². The first kappa shape index (κ1) is 12.3. The molecule has 0 aromatic heterocycles. The van der Waals surface area contributed by atoms with Crippen molar-refractivity contribution >= 4 is 18.7 Å². The third kappa shape index (κ3) is 3.84. The molecule has 0 aliphatic rings. The lowest BCUT2D eigenvalue weighted by Crippen LogP contribution is -2.20. The molecule has 0 saturated carbocycles. The Morgan fingerprint density at radius 1 is 1.43 bits per heavy atom. The summed E-state index contributed by atoms with van der Waals surface area (Å²) in [6.07, 6.45) is 0. The monoisotopic (exact) mass is 198 g/mol. The van der Waals surface area contributed by atoms with E-state index in [9.17, 15) is 9.59 Å². The fraction of sp³-hybridized carbons (Fsp3) is 0.444. The maximum absolute atomic E-state index is 11.2. The molecule has 0 unspecified atom stereocenters. The Morgan fingerprint density at radius 2 is 2.00 bits per heavy atom. The Labute approximate surface area is 82.9 Å². The molecule has 0 fully saturated rings. The second-order valence-electron chi connectivity index (χ2n) is 2.56. The number of carbonyl (C=O) groups excluding carboxylic acids is 2. The summed E-state index contributed by atoms with van der Waals surface area (Å²) in [7, 11) is 0. The smallest absolute Gasteiger partial charge is 0.344 e. The van der Waals surface area contributed by atoms with E-state index in [0.29, 0.717) is 17.9 Å². The molecule has 5 nitrogen and oxygen atoms in total. The van der Waals surface area contributed by atoms with Crippen LogP contribution in [0.4, 0.5) is 4.79 Å². The van der Waals surface area contributed by atoms with E-state index in [4.69, 9.17) is 4.74 Å². The fourth-order valence-electron chi connectivity index (χ4n) is 0.686. The summed E-state index contributed by atoms with van der Waals surface area (Å²) in [6.45, 7) is 8.23. The van der Waals surface area contributed by atoms with Gasteiger partial charge in [-0.25, -0.2) is 14.6 Å². The molecule has 0 aromatic carbocycles. The molecule has 14 heavy (non-hydrogen) atoms. The molecule has 0 bridgehead atoms. The predicted octanol–water partition coefficient (Wildman–Crippen LogP) is 1.25. The Morgan fingerprint density at radius 3 is 2.43 bits per heavy atom. The molecule has 5 heteroatoms. The lowest BCUT2D eigenvalue weighted by atomic mass is 10.2. The van der Waals surface area contributed by atoms with Crippen LogP contribution in [-0.2, 0) is 9.53 Å². The molecule has 0 spiro atoms. The second-order valence-corrected chi connectivity index (χ2v) is 2.56. The number of esters is 1. The van der Waals surface area contributed by atoms with Gasteiger partial charge >= 0.3 is 12.0 Å². The maximum atomic E-state index is 11.2. The molecule has 0 heterocycles. The quantitative estimate of drug-likeness (QED) is 0.421. The average Bonchev–Trinajstić information content (AvgIpc) is 2.16. The third-order valence-corrected chi connectivity index (χ3v) is 1.58. The summed E-state index contributed by atoms with van der Waals surface area (Å²) in [5, 5.41) is 2.38. The number of amides is 2. The van der Waals surface area contributed by atoms with Crippen molar-refractivity contribution < 1.29 is 14.3 Å². The summed E-state index contributed by atoms with van der Waals surface area (Å²) in [5.74, 6) is -0.450. The standard InChI is InChI=1S/C9H14N2O3/c1-5-14-8(12)6(2)7(3)11-9(13)10-4/h4-5H2,1-3H3,(H,11,13)/b7-6+. The van der Waals surface area contributed by atoms with Crippen molar-refractivity contribution in [2.75, 3.05) is 6.61 Å². The van der Waals surface area contributed by atoms with Gasteiger partial charge in [-0.2, -0.15) is 0 Å². The first-order valence-electron chi connectivity index (χ1n) is 4.15. The van der Waals surface area contributed by atoms with Crippen LogP contribution in [0.25, 0.3) is 0 Å². The normalized spacial score (nSPS) is 11.4. The van der Waals surface area contributed by atoms with E-state index < -0.39 is 12.0 Å². The van der Waals surface area contributed by atoms with Crippen molar-refractivity contribution in [1.82, 2.24) is 5.32 Å². The summed E-state index contributed by atoms with van der Waals surface area (Å²) < 4.78 is 4.75. The number of hydrogen-bond acceptors (Lipinski definition) is 3. The number of rotatable bonds is 3. The van der Waals surface area contributed by atoms with Crippen LogP contribution >= 0.6 is 0 Å². The Hall–Kier alpha value is -1.65. The largest absolute Gasteiger partial charge is 0.463 e. The van der Waals surface area contributed by atoms with Crippen LogP contribution in [0, 0.1) is 0 Å². The lowest BCUT2D eigenvalue weighted by molar-refractivity contribution is -0.138. The SMILES string of the molecule is C=NC(=O)N/C(C)=C(\C)C(=O)OCC. The number of allylic oxidation sites excluding steroid dienone is 1. The first-order valence-corrected chi connectivity index (χ1v) is 4.15. The lowest BCUT2D eigenvalue weighted by Gasteiger charge is -2.06. The average molecular weight is 198 g/mol. The van der Waals surface area contributed by atoms with E-state index in [2.05, 4.69) is 17.0 Å². The molecule has 0 aliphatic heterocycles. The van der Waals surface area contributed by atoms with Gasteiger partial charge in [-0.15, -0.1) is 0 Å². The molecular weight excluding hydrogens is 184 g/mol. The molecule has 2 amide bonds. The van der Waals surface area contributed by atoms with Gasteiger partial charge in [0.15, 0.2) is 0 Å². The minimum atomic E-state index is -0.592. The molecule has 0 aliphatic carbocycles. The van der Waals surface area contributed by atoms with Crippen molar-refractivity contribution in [3.63, 3.8) is 0 Å². The second kappa shape index (κ2) is 5.90. The molecule has 78 valence electrons. The zero-order valence-electron chi connectivity index (χ0n) is 8.59. The molecule has 0 aromatic rings. The van der Waals surface area contributed by atoms with Crippen LogP contribution in [0.5, 0.6) is 0 Å². The predicted molar refractivity (Wildman–Crippen MR) is 53.1 cm³/mol. The van der Waals surface area contributed by atoms with E-state index in [1.807, 2.05) is 0 Å². The zero-order valence-corrected chi connectivity index (χ0v) is 8.59. The Kier molecular flexibility index (Phi) is 5.21. The van der Waals surface area contributed by atoms with Crippen LogP contribution in [0.1, 0.15) is 20.8 Å². The van der Waals surface area contributed by atoms with Crippen molar-refractivity contribution in [2.24, 2.45) is 4.99 Å². The van der Waals surface area contributed by atoms with E-state index in [-0.39, 0.29) is 0 Å². The summed E-state index contributed by atoms with van der Waals surface area (Å²) in [6, 6.07) is -0.592. The Balaban J connectivity index is 4.49. The number of urea groups is 1. The van der Waals surface area contributed by atoms with E-state index in [0.717, 1.165) is 0 Å². The fourth-order valence-corrected chi connectivity index (χ4v) is 0.686. The highest BCUT2D eigenvalue weighted by atomic mass is 16.5. The zero-order chi connectivity index (χ0) is 11.1. The van der Waals surface area contributed by atoms with Gasteiger partial charge < -0.3 is 10.1 Å².